The predicted octanol–water partition coefficient (Wildman–Crippen LogP) is 4.52. The number of rotatable bonds is 6. The van der Waals surface area contributed by atoms with Crippen LogP contribution in [0.1, 0.15) is 26.2 Å². The number of fused-ring (bicyclic) bond motifs is 5. The van der Waals surface area contributed by atoms with Gasteiger partial charge in [0.25, 0.3) is 0 Å². The fraction of sp³-hybridized carbons (Fsp3) is 0.500. The summed E-state index contributed by atoms with van der Waals surface area (Å²) in [6.07, 6.45) is 3.03. The van der Waals surface area contributed by atoms with Gasteiger partial charge in [-0.25, -0.2) is 13.8 Å². The van der Waals surface area contributed by atoms with Crippen molar-refractivity contribution in [3.05, 3.63) is 34.9 Å². The number of thiazole rings is 1. The van der Waals surface area contributed by atoms with E-state index in [2.05, 4.69) is 37.0 Å². The van der Waals surface area contributed by atoms with Crippen molar-refractivity contribution >= 4 is 55.0 Å². The normalized spacial score (nSPS) is 26.3. The number of nitrogens with two attached hydrogens (primary N) is 1. The SMILES string of the molecule is C[C@@H](CN1CCN(C)C2CC21)Oc1nc(N2C3CCC2CNC3)c2cc(Cl)c(-c3ccc(F)c4sc(N)nc34)c(F)c2n1. The number of halogens is 3. The Labute approximate surface area is 257 Å². The standard InChI is InChI=1S/C30H33ClF2N8OS/c1-14(13-40-8-7-39(2)21-10-22(21)40)42-30-37-25-18(28(38-30)41-15-3-4-16(41)12-35-11-15)9-19(31)23(24(25)33)17-5-6-20(32)27-26(17)36-29(34)43-27/h5-6,9,14-16,21-22,35H,3-4,7-8,10-13H2,1-2H3,(H2,34,36)/t14-,15?,16?,21?,22?/m0/s1. The van der Waals surface area contributed by atoms with Gasteiger partial charge >= 0.3 is 6.01 Å². The van der Waals surface area contributed by atoms with E-state index in [-0.39, 0.29) is 55.6 Å². The maximum absolute atomic E-state index is 16.8. The van der Waals surface area contributed by atoms with Gasteiger partial charge in [0.15, 0.2) is 10.9 Å². The van der Waals surface area contributed by atoms with E-state index in [4.69, 9.17) is 27.1 Å². The molecule has 43 heavy (non-hydrogen) atoms. The second kappa shape index (κ2) is 10.3. The average molecular weight is 627 g/mol. The number of ether oxygens (including phenoxy) is 1. The largest absolute Gasteiger partial charge is 0.459 e. The van der Waals surface area contributed by atoms with Crippen molar-refractivity contribution in [2.75, 3.05) is 50.4 Å². The summed E-state index contributed by atoms with van der Waals surface area (Å²) < 4.78 is 38.0. The predicted molar refractivity (Wildman–Crippen MR) is 166 cm³/mol. The zero-order valence-corrected chi connectivity index (χ0v) is 25.6. The van der Waals surface area contributed by atoms with Crippen LogP contribution in [0.2, 0.25) is 5.02 Å². The molecule has 3 saturated heterocycles. The summed E-state index contributed by atoms with van der Waals surface area (Å²) in [5.41, 5.74) is 6.77. The lowest BCUT2D eigenvalue weighted by molar-refractivity contribution is 0.0931. The van der Waals surface area contributed by atoms with Gasteiger partial charge in [0.2, 0.25) is 0 Å². The molecular weight excluding hydrogens is 594 g/mol. The molecule has 4 fully saturated rings. The summed E-state index contributed by atoms with van der Waals surface area (Å²) in [5.74, 6) is -0.449. The van der Waals surface area contributed by atoms with Gasteiger partial charge in [0.1, 0.15) is 23.3 Å². The van der Waals surface area contributed by atoms with Crippen molar-refractivity contribution in [3.8, 4) is 17.1 Å². The molecule has 2 aromatic carbocycles. The molecule has 4 unspecified atom stereocenters. The molecule has 3 aliphatic heterocycles. The average Bonchev–Trinajstić information content (AvgIpc) is 3.64. The lowest BCUT2D eigenvalue weighted by Gasteiger charge is -2.37. The van der Waals surface area contributed by atoms with E-state index in [1.54, 1.807) is 6.07 Å². The molecule has 5 atom stereocenters. The number of nitrogens with one attached hydrogen (secondary N) is 1. The topological polar surface area (TPSA) is 95.7 Å². The molecule has 1 saturated carbocycles. The number of aromatic nitrogens is 3. The Hall–Kier alpha value is -2.90. The molecule has 4 aromatic rings. The molecule has 5 heterocycles. The van der Waals surface area contributed by atoms with E-state index in [1.165, 1.54) is 18.6 Å². The molecule has 0 radical (unpaired) electrons. The number of anilines is 2. The lowest BCUT2D eigenvalue weighted by atomic mass is 10.0. The Morgan fingerprint density at radius 1 is 1.12 bits per heavy atom. The highest BCUT2D eigenvalue weighted by Crippen LogP contribution is 2.44. The minimum absolute atomic E-state index is 0.105. The molecular formula is C30H33ClF2N8OS. The van der Waals surface area contributed by atoms with Crippen LogP contribution in [0.15, 0.2) is 18.2 Å². The monoisotopic (exact) mass is 626 g/mol. The zero-order chi connectivity index (χ0) is 29.6. The molecule has 3 N–H and O–H groups in total. The number of piperazine rings is 2. The highest BCUT2D eigenvalue weighted by Gasteiger charge is 2.47. The molecule has 0 spiro atoms. The van der Waals surface area contributed by atoms with Crippen LogP contribution >= 0.6 is 22.9 Å². The van der Waals surface area contributed by atoms with Gasteiger partial charge < -0.3 is 25.6 Å². The van der Waals surface area contributed by atoms with E-state index in [1.807, 2.05) is 6.92 Å². The second-order valence-corrected chi connectivity index (χ2v) is 13.8. The molecule has 13 heteroatoms. The van der Waals surface area contributed by atoms with E-state index in [0.29, 0.717) is 28.9 Å². The molecule has 1 aliphatic carbocycles. The van der Waals surface area contributed by atoms with Gasteiger partial charge in [-0.2, -0.15) is 9.97 Å². The van der Waals surface area contributed by atoms with Crippen LogP contribution in [-0.4, -0.2) is 94.8 Å². The third-order valence-electron chi connectivity index (χ3n) is 9.55. The quantitative estimate of drug-likeness (QED) is 0.320. The van der Waals surface area contributed by atoms with E-state index in [9.17, 15) is 4.39 Å². The summed E-state index contributed by atoms with van der Waals surface area (Å²) in [6, 6.07) is 6.29. The van der Waals surface area contributed by atoms with E-state index >= 15 is 4.39 Å². The van der Waals surface area contributed by atoms with Crippen LogP contribution in [0.3, 0.4) is 0 Å². The van der Waals surface area contributed by atoms with Gasteiger partial charge in [-0.3, -0.25) is 4.90 Å². The van der Waals surface area contributed by atoms with Gasteiger partial charge in [-0.15, -0.1) is 0 Å². The van der Waals surface area contributed by atoms with Gasteiger partial charge in [0, 0.05) is 73.4 Å². The summed E-state index contributed by atoms with van der Waals surface area (Å²) in [5, 5.41) is 4.40. The van der Waals surface area contributed by atoms with Crippen molar-refractivity contribution in [3.63, 3.8) is 0 Å². The first-order chi connectivity index (χ1) is 20.8. The van der Waals surface area contributed by atoms with Crippen LogP contribution in [0.4, 0.5) is 19.7 Å². The van der Waals surface area contributed by atoms with Crippen molar-refractivity contribution < 1.29 is 13.5 Å². The summed E-state index contributed by atoms with van der Waals surface area (Å²) >= 11 is 7.85. The Kier molecular flexibility index (Phi) is 6.64. The Morgan fingerprint density at radius 2 is 1.91 bits per heavy atom. The third kappa shape index (κ3) is 4.61. The zero-order valence-electron chi connectivity index (χ0n) is 24.0. The van der Waals surface area contributed by atoms with Crippen LogP contribution in [-0.2, 0) is 0 Å². The lowest BCUT2D eigenvalue weighted by Crippen LogP contribution is -2.52. The van der Waals surface area contributed by atoms with Gasteiger partial charge in [0.05, 0.1) is 15.2 Å². The fourth-order valence-corrected chi connectivity index (χ4v) is 8.46. The minimum Gasteiger partial charge on any atom is -0.459 e. The van der Waals surface area contributed by atoms with E-state index < -0.39 is 11.6 Å². The fourth-order valence-electron chi connectivity index (χ4n) is 7.40. The van der Waals surface area contributed by atoms with E-state index in [0.717, 1.165) is 56.9 Å². The van der Waals surface area contributed by atoms with Crippen molar-refractivity contribution in [1.82, 2.24) is 30.1 Å². The molecule has 2 bridgehead atoms. The minimum atomic E-state index is -0.620. The number of benzene rings is 2. The first kappa shape index (κ1) is 27.6. The first-order valence-electron chi connectivity index (χ1n) is 14.9. The van der Waals surface area contributed by atoms with Crippen LogP contribution in [0.25, 0.3) is 32.2 Å². The summed E-state index contributed by atoms with van der Waals surface area (Å²) in [7, 11) is 2.19. The maximum Gasteiger partial charge on any atom is 0.319 e. The summed E-state index contributed by atoms with van der Waals surface area (Å²) in [6.45, 7) is 6.44. The number of nitrogen functional groups attached to an aromatic ring is 1. The number of hydrogen-bond donors (Lipinski definition) is 2. The Bertz CT molecular complexity index is 1740. The Balaban J connectivity index is 1.23. The maximum atomic E-state index is 16.8. The van der Waals surface area contributed by atoms with Crippen LogP contribution in [0.5, 0.6) is 6.01 Å². The van der Waals surface area contributed by atoms with Gasteiger partial charge in [-0.1, -0.05) is 22.9 Å². The number of nitrogens with zero attached hydrogens (tertiary/aromatic N) is 6. The van der Waals surface area contributed by atoms with Crippen molar-refractivity contribution in [1.29, 1.82) is 0 Å². The summed E-state index contributed by atoms with van der Waals surface area (Å²) in [4.78, 5) is 21.1. The van der Waals surface area contributed by atoms with Gasteiger partial charge in [-0.05, 0) is 51.4 Å². The molecule has 4 aliphatic rings. The Morgan fingerprint density at radius 3 is 2.70 bits per heavy atom. The molecule has 0 amide bonds. The highest BCUT2D eigenvalue weighted by molar-refractivity contribution is 7.22. The third-order valence-corrected chi connectivity index (χ3v) is 10.7. The number of likely N-dealkylation sites (N-methyl/N-ethyl adjacent to an activating group) is 1. The van der Waals surface area contributed by atoms with Crippen molar-refractivity contribution in [2.45, 2.75) is 56.5 Å². The molecule has 2 aromatic heterocycles. The molecule has 9 nitrogen and oxygen atoms in total. The smallest absolute Gasteiger partial charge is 0.319 e. The first-order valence-corrected chi connectivity index (χ1v) is 16.1. The van der Waals surface area contributed by atoms with Crippen LogP contribution < -0.4 is 20.7 Å². The molecule has 226 valence electrons. The molecule has 8 rings (SSSR count). The number of hydrogen-bond acceptors (Lipinski definition) is 10. The second-order valence-electron chi connectivity index (χ2n) is 12.3. The highest BCUT2D eigenvalue weighted by atomic mass is 35.5. The van der Waals surface area contributed by atoms with Crippen LogP contribution in [0, 0.1) is 11.6 Å². The van der Waals surface area contributed by atoms with Crippen molar-refractivity contribution in [2.24, 2.45) is 0 Å².